The molecule has 1 aromatic rings. The van der Waals surface area contributed by atoms with Crippen LogP contribution in [0.5, 0.6) is 5.75 Å². The van der Waals surface area contributed by atoms with E-state index in [1.54, 1.807) is 7.11 Å². The third kappa shape index (κ3) is 6.14. The molecule has 5 heteroatoms. The second-order valence-electron chi connectivity index (χ2n) is 5.01. The number of rotatable bonds is 10. The number of carbonyl (C=O) groups is 1. The van der Waals surface area contributed by atoms with Gasteiger partial charge in [-0.1, -0.05) is 31.0 Å². The standard InChI is InChI=1S/C16H25NO4/c1-4-5-15(16(18)19)21-14-7-6-12(2)10-13(14)11-17-8-9-20-3/h6-7,10,15,17H,4-5,8-9,11H2,1-3H3,(H,18,19). The van der Waals surface area contributed by atoms with Crippen molar-refractivity contribution in [3.63, 3.8) is 0 Å². The smallest absolute Gasteiger partial charge is 0.344 e. The number of carboxylic acids is 1. The number of aliphatic carboxylic acids is 1. The van der Waals surface area contributed by atoms with Gasteiger partial charge in [0.1, 0.15) is 5.75 Å². The second-order valence-corrected chi connectivity index (χ2v) is 5.01. The highest BCUT2D eigenvalue weighted by Gasteiger charge is 2.19. The number of nitrogens with one attached hydrogen (secondary N) is 1. The summed E-state index contributed by atoms with van der Waals surface area (Å²) in [6.07, 6.45) is 0.472. The number of carboxylic acid groups (broad SMARTS) is 1. The minimum atomic E-state index is -0.921. The molecule has 21 heavy (non-hydrogen) atoms. The number of aryl methyl sites for hydroxylation is 1. The van der Waals surface area contributed by atoms with Crippen LogP contribution in [0.3, 0.4) is 0 Å². The molecule has 0 bridgehead atoms. The summed E-state index contributed by atoms with van der Waals surface area (Å²) in [5.74, 6) is -0.290. The molecule has 1 rings (SSSR count). The predicted molar refractivity (Wildman–Crippen MR) is 81.7 cm³/mol. The maximum Gasteiger partial charge on any atom is 0.344 e. The Morgan fingerprint density at radius 3 is 2.81 bits per heavy atom. The molecule has 1 aromatic carbocycles. The van der Waals surface area contributed by atoms with Crippen molar-refractivity contribution >= 4 is 5.97 Å². The molecule has 0 heterocycles. The Hall–Kier alpha value is -1.59. The minimum Gasteiger partial charge on any atom is -0.479 e. The highest BCUT2D eigenvalue weighted by Crippen LogP contribution is 2.22. The minimum absolute atomic E-state index is 0.500. The Kier molecular flexibility index (Phi) is 7.79. The molecule has 2 N–H and O–H groups in total. The first-order valence-electron chi connectivity index (χ1n) is 7.27. The summed E-state index contributed by atoms with van der Waals surface area (Å²) >= 11 is 0. The van der Waals surface area contributed by atoms with E-state index in [0.717, 1.165) is 24.1 Å². The van der Waals surface area contributed by atoms with Gasteiger partial charge in [-0.2, -0.15) is 0 Å². The highest BCUT2D eigenvalue weighted by atomic mass is 16.5. The molecule has 0 spiro atoms. The maximum atomic E-state index is 11.2. The van der Waals surface area contributed by atoms with Gasteiger partial charge < -0.3 is 19.9 Å². The van der Waals surface area contributed by atoms with E-state index < -0.39 is 12.1 Å². The van der Waals surface area contributed by atoms with Gasteiger partial charge in [-0.15, -0.1) is 0 Å². The van der Waals surface area contributed by atoms with Crippen molar-refractivity contribution in [3.05, 3.63) is 29.3 Å². The first-order valence-corrected chi connectivity index (χ1v) is 7.27. The highest BCUT2D eigenvalue weighted by molar-refractivity contribution is 5.72. The van der Waals surface area contributed by atoms with Crippen molar-refractivity contribution in [2.45, 2.75) is 39.3 Å². The third-order valence-electron chi connectivity index (χ3n) is 3.11. The number of hydrogen-bond donors (Lipinski definition) is 2. The van der Waals surface area contributed by atoms with E-state index in [9.17, 15) is 9.90 Å². The Labute approximate surface area is 126 Å². The van der Waals surface area contributed by atoms with E-state index in [-0.39, 0.29) is 0 Å². The third-order valence-corrected chi connectivity index (χ3v) is 3.11. The van der Waals surface area contributed by atoms with Crippen LogP contribution >= 0.6 is 0 Å². The Balaban J connectivity index is 2.77. The largest absolute Gasteiger partial charge is 0.479 e. The molecule has 0 fully saturated rings. The summed E-state index contributed by atoms with van der Waals surface area (Å²) in [7, 11) is 1.66. The molecule has 0 aliphatic heterocycles. The van der Waals surface area contributed by atoms with Crippen molar-refractivity contribution in [1.82, 2.24) is 5.32 Å². The lowest BCUT2D eigenvalue weighted by Crippen LogP contribution is -2.27. The van der Waals surface area contributed by atoms with Gasteiger partial charge in [0.15, 0.2) is 6.10 Å². The molecule has 0 saturated heterocycles. The van der Waals surface area contributed by atoms with Crippen LogP contribution < -0.4 is 10.1 Å². The van der Waals surface area contributed by atoms with Gasteiger partial charge in [0.25, 0.3) is 0 Å². The zero-order valence-corrected chi connectivity index (χ0v) is 13.0. The van der Waals surface area contributed by atoms with Gasteiger partial charge >= 0.3 is 5.97 Å². The zero-order chi connectivity index (χ0) is 15.7. The van der Waals surface area contributed by atoms with Crippen LogP contribution in [0.4, 0.5) is 0 Å². The fraction of sp³-hybridized carbons (Fsp3) is 0.562. The maximum absolute atomic E-state index is 11.2. The van der Waals surface area contributed by atoms with E-state index in [0.29, 0.717) is 25.3 Å². The number of benzene rings is 1. The topological polar surface area (TPSA) is 67.8 Å². The SMILES string of the molecule is CCCC(Oc1ccc(C)cc1CNCCOC)C(=O)O. The second kappa shape index (κ2) is 9.37. The van der Waals surface area contributed by atoms with Crippen LogP contribution in [0, 0.1) is 6.92 Å². The monoisotopic (exact) mass is 295 g/mol. The van der Waals surface area contributed by atoms with Crippen molar-refractivity contribution < 1.29 is 19.4 Å². The molecule has 0 saturated carbocycles. The van der Waals surface area contributed by atoms with Crippen molar-refractivity contribution in [3.8, 4) is 5.75 Å². The number of ether oxygens (including phenoxy) is 2. The van der Waals surface area contributed by atoms with E-state index in [1.165, 1.54) is 0 Å². The van der Waals surface area contributed by atoms with E-state index >= 15 is 0 Å². The Bertz CT molecular complexity index is 448. The molecule has 0 aromatic heterocycles. The molecule has 5 nitrogen and oxygen atoms in total. The number of methoxy groups -OCH3 is 1. The average Bonchev–Trinajstić information content (AvgIpc) is 2.45. The average molecular weight is 295 g/mol. The van der Waals surface area contributed by atoms with Gasteiger partial charge in [0.2, 0.25) is 0 Å². The molecule has 118 valence electrons. The lowest BCUT2D eigenvalue weighted by Gasteiger charge is -2.18. The molecule has 0 amide bonds. The van der Waals surface area contributed by atoms with Crippen LogP contribution in [0.2, 0.25) is 0 Å². The zero-order valence-electron chi connectivity index (χ0n) is 13.0. The fourth-order valence-corrected chi connectivity index (χ4v) is 2.01. The first kappa shape index (κ1) is 17.5. The molecule has 1 atom stereocenters. The number of hydrogen-bond acceptors (Lipinski definition) is 4. The fourth-order valence-electron chi connectivity index (χ4n) is 2.01. The van der Waals surface area contributed by atoms with Crippen molar-refractivity contribution in [1.29, 1.82) is 0 Å². The molecule has 0 radical (unpaired) electrons. The Morgan fingerprint density at radius 1 is 1.43 bits per heavy atom. The van der Waals surface area contributed by atoms with Gasteiger partial charge in [-0.25, -0.2) is 4.79 Å². The van der Waals surface area contributed by atoms with Crippen LogP contribution in [-0.4, -0.2) is 37.4 Å². The van der Waals surface area contributed by atoms with E-state index in [4.69, 9.17) is 9.47 Å². The molecular weight excluding hydrogens is 270 g/mol. The van der Waals surface area contributed by atoms with Crippen LogP contribution in [0.25, 0.3) is 0 Å². The summed E-state index contributed by atoms with van der Waals surface area (Å²) < 4.78 is 10.7. The summed E-state index contributed by atoms with van der Waals surface area (Å²) in [5, 5.41) is 12.5. The first-order chi connectivity index (χ1) is 10.1. The van der Waals surface area contributed by atoms with Crippen molar-refractivity contribution in [2.24, 2.45) is 0 Å². The van der Waals surface area contributed by atoms with Gasteiger partial charge in [-0.3, -0.25) is 0 Å². The normalized spacial score (nSPS) is 12.1. The summed E-state index contributed by atoms with van der Waals surface area (Å²) in [6, 6.07) is 5.78. The van der Waals surface area contributed by atoms with Gasteiger partial charge in [-0.05, 0) is 19.4 Å². The Morgan fingerprint density at radius 2 is 2.19 bits per heavy atom. The van der Waals surface area contributed by atoms with Crippen LogP contribution in [-0.2, 0) is 16.1 Å². The summed E-state index contributed by atoms with van der Waals surface area (Å²) in [6.45, 7) is 5.94. The molecule has 0 aliphatic rings. The van der Waals surface area contributed by atoms with E-state index in [1.807, 2.05) is 32.0 Å². The summed E-state index contributed by atoms with van der Waals surface area (Å²) in [4.78, 5) is 11.2. The molecule has 0 aliphatic carbocycles. The van der Waals surface area contributed by atoms with E-state index in [2.05, 4.69) is 5.32 Å². The molecular formula is C16H25NO4. The van der Waals surface area contributed by atoms with Crippen LogP contribution in [0.1, 0.15) is 30.9 Å². The lowest BCUT2D eigenvalue weighted by molar-refractivity contribution is -0.145. The van der Waals surface area contributed by atoms with Gasteiger partial charge in [0.05, 0.1) is 6.61 Å². The quantitative estimate of drug-likeness (QED) is 0.649. The van der Waals surface area contributed by atoms with Gasteiger partial charge in [0, 0.05) is 25.8 Å². The lowest BCUT2D eigenvalue weighted by atomic mass is 10.1. The summed E-state index contributed by atoms with van der Waals surface area (Å²) in [5.41, 5.74) is 2.08. The van der Waals surface area contributed by atoms with Crippen molar-refractivity contribution in [2.75, 3.05) is 20.3 Å². The van der Waals surface area contributed by atoms with Crippen LogP contribution in [0.15, 0.2) is 18.2 Å². The molecule has 1 unspecified atom stereocenters. The predicted octanol–water partition coefficient (Wildman–Crippen LogP) is 2.36.